The van der Waals surface area contributed by atoms with Crippen molar-refractivity contribution in [1.82, 2.24) is 0 Å². The van der Waals surface area contributed by atoms with Crippen molar-refractivity contribution in [2.24, 2.45) is 0 Å². The molecule has 1 aliphatic carbocycles. The van der Waals surface area contributed by atoms with Crippen LogP contribution >= 0.6 is 0 Å². The van der Waals surface area contributed by atoms with E-state index in [2.05, 4.69) is 0 Å². The van der Waals surface area contributed by atoms with Crippen LogP contribution in [0.2, 0.25) is 0 Å². The van der Waals surface area contributed by atoms with Crippen LogP contribution in [-0.2, 0) is 21.6 Å². The highest BCUT2D eigenvalue weighted by Gasteiger charge is 2.55. The number of fused-ring (bicyclic) bond motifs is 4. The van der Waals surface area contributed by atoms with E-state index in [1.807, 2.05) is 0 Å². The molecule has 2 heterocycles. The summed E-state index contributed by atoms with van der Waals surface area (Å²) < 4.78 is 11.7. The minimum atomic E-state index is -1.26. The fourth-order valence-corrected chi connectivity index (χ4v) is 4.49. The normalized spacial score (nSPS) is 21.1. The van der Waals surface area contributed by atoms with Gasteiger partial charge in [-0.2, -0.15) is 0 Å². The zero-order chi connectivity index (χ0) is 24.5. The molecule has 9 nitrogen and oxygen atoms in total. The van der Waals surface area contributed by atoms with E-state index in [4.69, 9.17) is 9.15 Å². The molecule has 0 bridgehead atoms. The predicted molar refractivity (Wildman–Crippen MR) is 117 cm³/mol. The maximum Gasteiger partial charge on any atom is 0.307 e. The molecule has 3 aromatic rings. The number of aliphatic carboxylic acids is 1. The van der Waals surface area contributed by atoms with Crippen LogP contribution in [0.1, 0.15) is 57.0 Å². The molecule has 5 rings (SSSR count). The van der Waals surface area contributed by atoms with Gasteiger partial charge in [0.05, 0.1) is 28.5 Å². The molecule has 0 radical (unpaired) electrons. The minimum Gasteiger partial charge on any atom is -0.507 e. The van der Waals surface area contributed by atoms with Crippen LogP contribution in [0, 0.1) is 0 Å². The van der Waals surface area contributed by atoms with Crippen molar-refractivity contribution in [2.75, 3.05) is 0 Å². The highest BCUT2D eigenvalue weighted by atomic mass is 16.6. The van der Waals surface area contributed by atoms with E-state index in [1.54, 1.807) is 26.0 Å². The number of aromatic hydroxyl groups is 2. The van der Waals surface area contributed by atoms with Crippen molar-refractivity contribution in [1.29, 1.82) is 0 Å². The van der Waals surface area contributed by atoms with E-state index in [9.17, 15) is 34.5 Å². The number of allylic oxidation sites excluding steroid dienone is 1. The lowest BCUT2D eigenvalue weighted by molar-refractivity contribution is -0.136. The number of benzene rings is 2. The van der Waals surface area contributed by atoms with E-state index in [1.165, 1.54) is 6.07 Å². The Morgan fingerprint density at radius 1 is 1.06 bits per heavy atom. The Labute approximate surface area is 191 Å². The van der Waals surface area contributed by atoms with Crippen molar-refractivity contribution in [2.45, 2.75) is 32.0 Å². The number of ketones is 2. The number of carbonyl (C=O) groups excluding carboxylic acids is 2. The van der Waals surface area contributed by atoms with Gasteiger partial charge >= 0.3 is 5.97 Å². The molecule has 1 aromatic heterocycles. The lowest BCUT2D eigenvalue weighted by Gasteiger charge is -2.21. The Hall–Kier alpha value is -4.24. The SMILES string of the molecule is C/C=C\[C@@H]1O[C@]1(C)c1cc(=O)c2c(CC(=O)O)cc3c(c2o1)C(=O)c1c(O)ccc(O)c1C3=O. The lowest BCUT2D eigenvalue weighted by Crippen LogP contribution is -2.24. The molecule has 172 valence electrons. The van der Waals surface area contributed by atoms with Crippen molar-refractivity contribution < 1.29 is 38.9 Å². The summed E-state index contributed by atoms with van der Waals surface area (Å²) in [7, 11) is 0. The number of carbonyl (C=O) groups is 3. The molecule has 2 aromatic carbocycles. The summed E-state index contributed by atoms with van der Waals surface area (Å²) in [4.78, 5) is 51.5. The Morgan fingerprint density at radius 2 is 1.71 bits per heavy atom. The summed E-state index contributed by atoms with van der Waals surface area (Å²) in [6.45, 7) is 3.50. The third-order valence-electron chi connectivity index (χ3n) is 6.23. The van der Waals surface area contributed by atoms with Crippen LogP contribution < -0.4 is 5.43 Å². The lowest BCUT2D eigenvalue weighted by atomic mass is 9.80. The van der Waals surface area contributed by atoms with E-state index < -0.39 is 57.6 Å². The summed E-state index contributed by atoms with van der Waals surface area (Å²) in [6.07, 6.45) is 2.56. The third kappa shape index (κ3) is 2.90. The summed E-state index contributed by atoms with van der Waals surface area (Å²) in [5.74, 6) is -3.83. The Bertz CT molecular complexity index is 1540. The first kappa shape index (κ1) is 21.6. The van der Waals surface area contributed by atoms with Crippen molar-refractivity contribution in [3.8, 4) is 11.5 Å². The number of hydrogen-bond donors (Lipinski definition) is 3. The summed E-state index contributed by atoms with van der Waals surface area (Å²) in [5.41, 5.74) is -3.20. The topological polar surface area (TPSA) is 155 Å². The van der Waals surface area contributed by atoms with Gasteiger partial charge in [-0.15, -0.1) is 0 Å². The fourth-order valence-electron chi connectivity index (χ4n) is 4.49. The summed E-state index contributed by atoms with van der Waals surface area (Å²) in [5, 5.41) is 29.8. The molecular formula is C25H18O9. The van der Waals surface area contributed by atoms with Gasteiger partial charge in [0, 0.05) is 11.6 Å². The standard InChI is InChI=1S/C25H18O9/c1-3-4-15-25(2,34-15)16-9-14(28)18-10(8-17(29)30)7-11-19(24(18)33-16)23(32)21-13(27)6-5-12(26)20(21)22(11)31/h3-7,9,15,26-27H,8H2,1-2H3,(H,29,30)/b4-3-/t15-,25-/m0/s1. The van der Waals surface area contributed by atoms with E-state index >= 15 is 0 Å². The number of epoxide rings is 1. The van der Waals surface area contributed by atoms with Crippen LogP contribution in [0.25, 0.3) is 11.0 Å². The molecule has 34 heavy (non-hydrogen) atoms. The van der Waals surface area contributed by atoms with Gasteiger partial charge in [-0.1, -0.05) is 12.2 Å². The number of phenols is 2. The maximum absolute atomic E-state index is 13.5. The molecule has 0 saturated carbocycles. The summed E-state index contributed by atoms with van der Waals surface area (Å²) >= 11 is 0. The van der Waals surface area contributed by atoms with Gasteiger partial charge in [0.1, 0.15) is 28.9 Å². The quantitative estimate of drug-likeness (QED) is 0.236. The Balaban J connectivity index is 1.87. The third-order valence-corrected chi connectivity index (χ3v) is 6.23. The molecule has 0 amide bonds. The highest BCUT2D eigenvalue weighted by molar-refractivity contribution is 6.33. The van der Waals surface area contributed by atoms with Crippen LogP contribution in [0.15, 0.2) is 45.6 Å². The Kier molecular flexibility index (Phi) is 4.53. The first-order valence-corrected chi connectivity index (χ1v) is 10.4. The van der Waals surface area contributed by atoms with Gasteiger partial charge < -0.3 is 24.5 Å². The van der Waals surface area contributed by atoms with Gasteiger partial charge in [0.25, 0.3) is 0 Å². The number of ether oxygens (including phenoxy) is 1. The predicted octanol–water partition coefficient (Wildman–Crippen LogP) is 2.80. The van der Waals surface area contributed by atoms with Crippen molar-refractivity contribution in [3.63, 3.8) is 0 Å². The molecule has 2 aliphatic rings. The molecular weight excluding hydrogens is 444 g/mol. The average Bonchev–Trinajstić information content (AvgIpc) is 3.43. The zero-order valence-corrected chi connectivity index (χ0v) is 18.0. The fraction of sp³-hybridized carbons (Fsp3) is 0.200. The molecule has 0 spiro atoms. The Morgan fingerprint density at radius 3 is 2.32 bits per heavy atom. The first-order chi connectivity index (χ1) is 16.1. The minimum absolute atomic E-state index is 0.0161. The van der Waals surface area contributed by atoms with Gasteiger partial charge in [-0.3, -0.25) is 19.2 Å². The zero-order valence-electron chi connectivity index (χ0n) is 18.0. The number of carboxylic acid groups (broad SMARTS) is 1. The second-order valence-electron chi connectivity index (χ2n) is 8.39. The number of phenolic OH excluding ortho intramolecular Hbond substituents is 2. The molecule has 3 N–H and O–H groups in total. The van der Waals surface area contributed by atoms with E-state index in [0.29, 0.717) is 0 Å². The monoisotopic (exact) mass is 462 g/mol. The van der Waals surface area contributed by atoms with Crippen molar-refractivity contribution in [3.05, 3.63) is 80.2 Å². The molecule has 1 aliphatic heterocycles. The number of hydrogen-bond acceptors (Lipinski definition) is 8. The first-order valence-electron chi connectivity index (χ1n) is 10.4. The van der Waals surface area contributed by atoms with Crippen LogP contribution in [0.5, 0.6) is 11.5 Å². The van der Waals surface area contributed by atoms with Gasteiger partial charge in [-0.05, 0) is 37.6 Å². The maximum atomic E-state index is 13.5. The second kappa shape index (κ2) is 7.13. The van der Waals surface area contributed by atoms with Crippen LogP contribution in [0.3, 0.4) is 0 Å². The van der Waals surface area contributed by atoms with Gasteiger partial charge in [0.2, 0.25) is 5.78 Å². The van der Waals surface area contributed by atoms with Crippen LogP contribution in [0.4, 0.5) is 0 Å². The largest absolute Gasteiger partial charge is 0.507 e. The van der Waals surface area contributed by atoms with Gasteiger partial charge in [-0.25, -0.2) is 0 Å². The van der Waals surface area contributed by atoms with E-state index in [0.717, 1.165) is 18.2 Å². The molecule has 1 fully saturated rings. The number of rotatable bonds is 4. The number of carboxylic acids is 1. The van der Waals surface area contributed by atoms with E-state index in [-0.39, 0.29) is 39.5 Å². The van der Waals surface area contributed by atoms with Crippen LogP contribution in [-0.4, -0.2) is 39.0 Å². The average molecular weight is 462 g/mol. The second-order valence-corrected chi connectivity index (χ2v) is 8.39. The van der Waals surface area contributed by atoms with Gasteiger partial charge in [0.15, 0.2) is 16.8 Å². The molecule has 9 heteroatoms. The van der Waals surface area contributed by atoms with Crippen molar-refractivity contribution >= 4 is 28.5 Å². The smallest absolute Gasteiger partial charge is 0.307 e. The summed E-state index contributed by atoms with van der Waals surface area (Å²) in [6, 6.07) is 4.51. The molecule has 1 saturated heterocycles. The molecule has 0 unspecified atom stereocenters. The molecule has 2 atom stereocenters. The highest BCUT2D eigenvalue weighted by Crippen LogP contribution is 2.48.